The van der Waals surface area contributed by atoms with Crippen LogP contribution < -0.4 is 29.7 Å². The fourth-order valence-corrected chi connectivity index (χ4v) is 3.86. The van der Waals surface area contributed by atoms with Crippen molar-refractivity contribution in [2.24, 2.45) is 0 Å². The summed E-state index contributed by atoms with van der Waals surface area (Å²) in [6.45, 7) is 1.93. The molecular formula is C28H24ClN3O7. The molecule has 0 spiro atoms. The Kier molecular flexibility index (Phi) is 8.47. The number of methoxy groups -OCH3 is 1. The zero-order chi connectivity index (χ0) is 27.9. The number of urea groups is 1. The molecule has 10 nitrogen and oxygen atoms in total. The lowest BCUT2D eigenvalue weighted by Crippen LogP contribution is -2.54. The third-order valence-corrected chi connectivity index (χ3v) is 5.75. The standard InChI is InChI=1S/C28H24ClN3O7/c1-3-38-22-11-7-20(8-12-22)32-27(35)23(26(34)31-28(32)36)15-17-14-18(29)4-13-24(17)39-16-25(33)30-19-5-9-21(37-2)10-6-19/h4-15H,3,16H2,1-2H3,(H,30,33)(H,31,34,36)/b23-15+. The zero-order valence-electron chi connectivity index (χ0n) is 21.0. The maximum atomic E-state index is 13.3. The molecule has 1 heterocycles. The summed E-state index contributed by atoms with van der Waals surface area (Å²) in [5, 5.41) is 5.17. The highest BCUT2D eigenvalue weighted by atomic mass is 35.5. The van der Waals surface area contributed by atoms with Gasteiger partial charge in [-0.3, -0.25) is 19.7 Å². The van der Waals surface area contributed by atoms with Crippen molar-refractivity contribution < 1.29 is 33.4 Å². The average molecular weight is 550 g/mol. The van der Waals surface area contributed by atoms with E-state index in [4.69, 9.17) is 25.8 Å². The predicted molar refractivity (Wildman–Crippen MR) is 145 cm³/mol. The largest absolute Gasteiger partial charge is 0.497 e. The third-order valence-electron chi connectivity index (χ3n) is 5.51. The summed E-state index contributed by atoms with van der Waals surface area (Å²) in [7, 11) is 1.54. The number of amides is 5. The van der Waals surface area contributed by atoms with E-state index in [1.807, 2.05) is 6.92 Å². The molecule has 0 bridgehead atoms. The third kappa shape index (κ3) is 6.55. The van der Waals surface area contributed by atoms with Crippen molar-refractivity contribution in [1.29, 1.82) is 0 Å². The van der Waals surface area contributed by atoms with Crippen molar-refractivity contribution in [2.45, 2.75) is 6.92 Å². The van der Waals surface area contributed by atoms with Crippen LogP contribution in [0.3, 0.4) is 0 Å². The Morgan fingerprint density at radius 2 is 1.67 bits per heavy atom. The fourth-order valence-electron chi connectivity index (χ4n) is 3.68. The van der Waals surface area contributed by atoms with Crippen molar-refractivity contribution in [3.8, 4) is 17.2 Å². The van der Waals surface area contributed by atoms with Crippen molar-refractivity contribution >= 4 is 52.8 Å². The van der Waals surface area contributed by atoms with Crippen molar-refractivity contribution in [3.05, 3.63) is 82.9 Å². The van der Waals surface area contributed by atoms with Crippen LogP contribution in [0.5, 0.6) is 17.2 Å². The molecule has 5 amide bonds. The molecule has 3 aromatic carbocycles. The van der Waals surface area contributed by atoms with Gasteiger partial charge in [-0.25, -0.2) is 9.69 Å². The Hall–Kier alpha value is -4.83. The molecule has 2 N–H and O–H groups in total. The van der Waals surface area contributed by atoms with Gasteiger partial charge in [-0.2, -0.15) is 0 Å². The number of benzene rings is 3. The normalized spacial score (nSPS) is 14.2. The Morgan fingerprint density at radius 1 is 0.974 bits per heavy atom. The lowest BCUT2D eigenvalue weighted by atomic mass is 10.1. The van der Waals surface area contributed by atoms with Gasteiger partial charge in [0, 0.05) is 16.3 Å². The van der Waals surface area contributed by atoms with Gasteiger partial charge in [-0.05, 0) is 79.7 Å². The summed E-state index contributed by atoms with van der Waals surface area (Å²) in [6, 6.07) is 16.7. The lowest BCUT2D eigenvalue weighted by molar-refractivity contribution is -0.122. The number of nitrogens with zero attached hydrogens (tertiary/aromatic N) is 1. The minimum Gasteiger partial charge on any atom is -0.497 e. The second kappa shape index (κ2) is 12.1. The minimum atomic E-state index is -0.885. The van der Waals surface area contributed by atoms with E-state index in [2.05, 4.69) is 10.6 Å². The number of rotatable bonds is 9. The summed E-state index contributed by atoms with van der Waals surface area (Å²) in [4.78, 5) is 51.7. The van der Waals surface area contributed by atoms with E-state index < -0.39 is 23.8 Å². The smallest absolute Gasteiger partial charge is 0.335 e. The Morgan fingerprint density at radius 3 is 2.33 bits per heavy atom. The Labute approximate surface area is 229 Å². The van der Waals surface area contributed by atoms with Crippen LogP contribution in [0, 0.1) is 0 Å². The molecule has 1 aliphatic rings. The van der Waals surface area contributed by atoms with Crippen LogP contribution in [0.2, 0.25) is 5.02 Å². The Balaban J connectivity index is 1.54. The van der Waals surface area contributed by atoms with Gasteiger partial charge in [-0.15, -0.1) is 0 Å². The predicted octanol–water partition coefficient (Wildman–Crippen LogP) is 4.43. The molecule has 0 aliphatic carbocycles. The van der Waals surface area contributed by atoms with Crippen LogP contribution in [0.15, 0.2) is 72.3 Å². The maximum Gasteiger partial charge on any atom is 0.335 e. The summed E-state index contributed by atoms with van der Waals surface area (Å²) in [5.41, 5.74) is 0.737. The van der Waals surface area contributed by atoms with E-state index in [0.29, 0.717) is 28.8 Å². The SMILES string of the molecule is CCOc1ccc(N2C(=O)NC(=O)/C(=C\c3cc(Cl)ccc3OCC(=O)Nc3ccc(OC)cc3)C2=O)cc1. The van der Waals surface area contributed by atoms with Crippen LogP contribution in [-0.2, 0) is 14.4 Å². The highest BCUT2D eigenvalue weighted by Crippen LogP contribution is 2.29. The van der Waals surface area contributed by atoms with Crippen molar-refractivity contribution in [1.82, 2.24) is 5.32 Å². The number of carbonyl (C=O) groups is 4. The first-order valence-electron chi connectivity index (χ1n) is 11.8. The van der Waals surface area contributed by atoms with Crippen molar-refractivity contribution in [3.63, 3.8) is 0 Å². The first-order chi connectivity index (χ1) is 18.8. The van der Waals surface area contributed by atoms with Gasteiger partial charge in [0.05, 0.1) is 19.4 Å². The number of nitrogens with one attached hydrogen (secondary N) is 2. The number of ether oxygens (including phenoxy) is 3. The van der Waals surface area contributed by atoms with Gasteiger partial charge < -0.3 is 19.5 Å². The zero-order valence-corrected chi connectivity index (χ0v) is 21.8. The molecule has 200 valence electrons. The molecule has 0 unspecified atom stereocenters. The molecule has 0 radical (unpaired) electrons. The maximum absolute atomic E-state index is 13.3. The highest BCUT2D eigenvalue weighted by Gasteiger charge is 2.37. The van der Waals surface area contributed by atoms with E-state index in [-0.39, 0.29) is 29.2 Å². The summed E-state index contributed by atoms with van der Waals surface area (Å²) >= 11 is 6.15. The molecule has 3 aromatic rings. The average Bonchev–Trinajstić information content (AvgIpc) is 2.92. The van der Waals surface area contributed by atoms with Gasteiger partial charge in [0.15, 0.2) is 6.61 Å². The molecule has 1 saturated heterocycles. The summed E-state index contributed by atoms with van der Waals surface area (Å²) in [6.07, 6.45) is 1.26. The molecule has 4 rings (SSSR count). The molecule has 0 saturated carbocycles. The van der Waals surface area contributed by atoms with Crippen LogP contribution in [0.1, 0.15) is 12.5 Å². The number of hydrogen-bond acceptors (Lipinski definition) is 7. The lowest BCUT2D eigenvalue weighted by Gasteiger charge is -2.26. The summed E-state index contributed by atoms with van der Waals surface area (Å²) < 4.78 is 16.2. The van der Waals surface area contributed by atoms with Gasteiger partial charge in [0.2, 0.25) is 0 Å². The monoisotopic (exact) mass is 549 g/mol. The van der Waals surface area contributed by atoms with Gasteiger partial charge >= 0.3 is 6.03 Å². The highest BCUT2D eigenvalue weighted by molar-refractivity contribution is 6.39. The second-order valence-electron chi connectivity index (χ2n) is 8.13. The van der Waals surface area contributed by atoms with Crippen LogP contribution in [0.25, 0.3) is 6.08 Å². The fraction of sp³-hybridized carbons (Fsp3) is 0.143. The van der Waals surface area contributed by atoms with E-state index in [1.165, 1.54) is 30.3 Å². The molecule has 1 aliphatic heterocycles. The number of imide groups is 2. The first kappa shape index (κ1) is 27.2. The summed E-state index contributed by atoms with van der Waals surface area (Å²) in [5.74, 6) is -0.747. The van der Waals surface area contributed by atoms with Gasteiger partial charge in [0.25, 0.3) is 17.7 Å². The molecule has 0 atom stereocenters. The number of hydrogen-bond donors (Lipinski definition) is 2. The van der Waals surface area contributed by atoms with Crippen molar-refractivity contribution in [2.75, 3.05) is 30.5 Å². The number of halogens is 1. The van der Waals surface area contributed by atoms with E-state index in [9.17, 15) is 19.2 Å². The molecule has 11 heteroatoms. The van der Waals surface area contributed by atoms with Crippen LogP contribution in [0.4, 0.5) is 16.2 Å². The van der Waals surface area contributed by atoms with Gasteiger partial charge in [0.1, 0.15) is 22.8 Å². The van der Waals surface area contributed by atoms with E-state index in [1.54, 1.807) is 49.6 Å². The topological polar surface area (TPSA) is 123 Å². The molecule has 39 heavy (non-hydrogen) atoms. The number of carbonyl (C=O) groups excluding carboxylic acids is 4. The quantitative estimate of drug-likeness (QED) is 0.299. The van der Waals surface area contributed by atoms with Crippen LogP contribution >= 0.6 is 11.6 Å². The van der Waals surface area contributed by atoms with Gasteiger partial charge in [-0.1, -0.05) is 11.6 Å². The Bertz CT molecular complexity index is 1440. The molecule has 1 fully saturated rings. The first-order valence-corrected chi connectivity index (χ1v) is 12.2. The second-order valence-corrected chi connectivity index (χ2v) is 8.57. The molecular weight excluding hydrogens is 526 g/mol. The van der Waals surface area contributed by atoms with E-state index in [0.717, 1.165) is 4.90 Å². The molecule has 0 aromatic heterocycles. The number of anilines is 2. The van der Waals surface area contributed by atoms with Crippen LogP contribution in [-0.4, -0.2) is 44.1 Å². The van der Waals surface area contributed by atoms with E-state index >= 15 is 0 Å². The minimum absolute atomic E-state index is 0.196. The number of barbiturate groups is 1.